The first-order valence-corrected chi connectivity index (χ1v) is 12.9. The average molecular weight is 452 g/mol. The molecule has 0 fully saturated rings. The number of nitrogens with zero attached hydrogens (tertiary/aromatic N) is 2. The first-order chi connectivity index (χ1) is 14.6. The van der Waals surface area contributed by atoms with E-state index in [2.05, 4.69) is 106 Å². The molecule has 1 aliphatic heterocycles. The number of benzene rings is 2. The predicted molar refractivity (Wildman–Crippen MR) is 138 cm³/mol. The standard InChI is InChI=1S/C27H35N2S2/c1-26(2,3)15-17-28-20-11-7-9-13-22(20)30-24(28)19-25-29(18-16-27(4,5)6)21-12-8-10-14-23(21)31-25/h7-14,19H,15-18H2,1-6H3/q+1. The zero-order valence-corrected chi connectivity index (χ0v) is 21.4. The van der Waals surface area contributed by atoms with E-state index in [4.69, 9.17) is 0 Å². The highest BCUT2D eigenvalue weighted by Crippen LogP contribution is 2.47. The number of rotatable bonds is 5. The molecule has 2 nitrogen and oxygen atoms in total. The Labute approximate surface area is 196 Å². The van der Waals surface area contributed by atoms with Gasteiger partial charge in [-0.15, -0.1) is 0 Å². The number of thioether (sulfide) groups is 1. The molecule has 4 rings (SSSR count). The smallest absolute Gasteiger partial charge is 0.265 e. The summed E-state index contributed by atoms with van der Waals surface area (Å²) in [6, 6.07) is 17.7. The van der Waals surface area contributed by atoms with Crippen molar-refractivity contribution in [2.45, 2.75) is 65.8 Å². The van der Waals surface area contributed by atoms with Crippen molar-refractivity contribution in [3.05, 3.63) is 58.6 Å². The second-order valence-electron chi connectivity index (χ2n) is 10.9. The molecule has 0 amide bonds. The third-order valence-electron chi connectivity index (χ3n) is 5.69. The lowest BCUT2D eigenvalue weighted by atomic mass is 9.92. The van der Waals surface area contributed by atoms with Crippen LogP contribution in [-0.4, -0.2) is 6.54 Å². The summed E-state index contributed by atoms with van der Waals surface area (Å²) >= 11 is 3.82. The van der Waals surface area contributed by atoms with E-state index in [0.717, 1.165) is 25.9 Å². The Morgan fingerprint density at radius 1 is 0.871 bits per heavy atom. The lowest BCUT2D eigenvalue weighted by Gasteiger charge is -2.25. The number of anilines is 1. The summed E-state index contributed by atoms with van der Waals surface area (Å²) < 4.78 is 3.90. The predicted octanol–water partition coefficient (Wildman–Crippen LogP) is 7.97. The molecule has 0 saturated carbocycles. The lowest BCUT2D eigenvalue weighted by Crippen LogP contribution is -2.37. The molecule has 0 bridgehead atoms. The van der Waals surface area contributed by atoms with Gasteiger partial charge in [-0.1, -0.05) is 88.9 Å². The first-order valence-electron chi connectivity index (χ1n) is 11.3. The largest absolute Gasteiger partial charge is 0.335 e. The van der Waals surface area contributed by atoms with Gasteiger partial charge in [-0.25, -0.2) is 0 Å². The van der Waals surface area contributed by atoms with Gasteiger partial charge >= 0.3 is 0 Å². The average Bonchev–Trinajstić information content (AvgIpc) is 3.21. The molecule has 4 heteroatoms. The third-order valence-corrected chi connectivity index (χ3v) is 7.92. The zero-order valence-electron chi connectivity index (χ0n) is 19.7. The fraction of sp³-hybridized carbons (Fsp3) is 0.444. The van der Waals surface area contributed by atoms with E-state index >= 15 is 0 Å². The second-order valence-corrected chi connectivity index (χ2v) is 13.0. The highest BCUT2D eigenvalue weighted by Gasteiger charge is 2.29. The number of fused-ring (bicyclic) bond motifs is 2. The van der Waals surface area contributed by atoms with Gasteiger partial charge in [-0.05, 0) is 35.4 Å². The Bertz CT molecular complexity index is 1100. The number of thiazole rings is 1. The van der Waals surface area contributed by atoms with E-state index in [-0.39, 0.29) is 0 Å². The monoisotopic (exact) mass is 451 g/mol. The molecule has 2 heterocycles. The van der Waals surface area contributed by atoms with Crippen molar-refractivity contribution in [1.29, 1.82) is 0 Å². The van der Waals surface area contributed by atoms with Gasteiger partial charge in [-0.3, -0.25) is 0 Å². The van der Waals surface area contributed by atoms with Crippen LogP contribution >= 0.6 is 23.1 Å². The highest BCUT2D eigenvalue weighted by molar-refractivity contribution is 8.03. The first kappa shape index (κ1) is 22.4. The van der Waals surface area contributed by atoms with Gasteiger partial charge in [-0.2, -0.15) is 4.57 Å². The Balaban J connectivity index is 1.74. The van der Waals surface area contributed by atoms with Crippen molar-refractivity contribution in [3.8, 4) is 0 Å². The zero-order chi connectivity index (χ0) is 22.2. The van der Waals surface area contributed by atoms with Crippen LogP contribution in [0.5, 0.6) is 0 Å². The number of aromatic nitrogens is 1. The summed E-state index contributed by atoms with van der Waals surface area (Å²) in [6.45, 7) is 16.1. The minimum atomic E-state index is 0.317. The van der Waals surface area contributed by atoms with Crippen LogP contribution in [0.15, 0.2) is 58.5 Å². The molecule has 2 aromatic carbocycles. The molecular formula is C27H35N2S2+. The number of hydrogen-bond donors (Lipinski definition) is 0. The van der Waals surface area contributed by atoms with Gasteiger partial charge in [0.1, 0.15) is 4.70 Å². The number of para-hydroxylation sites is 2. The third kappa shape index (κ3) is 5.35. The molecule has 1 aliphatic rings. The molecule has 0 radical (unpaired) electrons. The van der Waals surface area contributed by atoms with Crippen molar-refractivity contribution >= 4 is 45.1 Å². The van der Waals surface area contributed by atoms with Crippen LogP contribution in [0.25, 0.3) is 16.3 Å². The molecule has 0 saturated heterocycles. The van der Waals surface area contributed by atoms with Crippen molar-refractivity contribution in [1.82, 2.24) is 0 Å². The van der Waals surface area contributed by atoms with Crippen molar-refractivity contribution < 1.29 is 4.57 Å². The van der Waals surface area contributed by atoms with E-state index in [1.54, 1.807) is 0 Å². The van der Waals surface area contributed by atoms with Gasteiger partial charge in [0.15, 0.2) is 6.54 Å². The summed E-state index contributed by atoms with van der Waals surface area (Å²) in [7, 11) is 0. The lowest BCUT2D eigenvalue weighted by molar-refractivity contribution is -0.670. The van der Waals surface area contributed by atoms with Crippen molar-refractivity contribution in [3.63, 3.8) is 0 Å². The summed E-state index contributed by atoms with van der Waals surface area (Å²) in [5.74, 6) is 0. The topological polar surface area (TPSA) is 7.12 Å². The second kappa shape index (κ2) is 8.63. The fourth-order valence-corrected chi connectivity index (χ4v) is 6.11. The molecule has 164 valence electrons. The summed E-state index contributed by atoms with van der Waals surface area (Å²) in [6.07, 6.45) is 4.76. The van der Waals surface area contributed by atoms with E-state index in [1.807, 2.05) is 23.1 Å². The van der Waals surface area contributed by atoms with Crippen LogP contribution in [0.2, 0.25) is 0 Å². The Kier molecular flexibility index (Phi) is 6.24. The number of aryl methyl sites for hydroxylation is 1. The Morgan fingerprint density at radius 2 is 1.55 bits per heavy atom. The van der Waals surface area contributed by atoms with Crippen molar-refractivity contribution in [2.24, 2.45) is 10.8 Å². The molecule has 0 aliphatic carbocycles. The summed E-state index contributed by atoms with van der Waals surface area (Å²) in [5.41, 5.74) is 3.34. The maximum Gasteiger partial charge on any atom is 0.265 e. The van der Waals surface area contributed by atoms with Crippen LogP contribution in [-0.2, 0) is 6.54 Å². The van der Waals surface area contributed by atoms with Crippen LogP contribution in [0, 0.1) is 10.8 Å². The molecular weight excluding hydrogens is 416 g/mol. The van der Waals surface area contributed by atoms with E-state index < -0.39 is 0 Å². The molecule has 0 N–H and O–H groups in total. The van der Waals surface area contributed by atoms with Crippen LogP contribution in [0.4, 0.5) is 5.69 Å². The van der Waals surface area contributed by atoms with E-state index in [1.165, 1.54) is 30.8 Å². The van der Waals surface area contributed by atoms with Gasteiger partial charge in [0.25, 0.3) is 5.01 Å². The van der Waals surface area contributed by atoms with Crippen LogP contribution in [0.1, 0.15) is 59.4 Å². The van der Waals surface area contributed by atoms with Crippen LogP contribution in [0.3, 0.4) is 0 Å². The molecule has 0 unspecified atom stereocenters. The Hall–Kier alpha value is -1.78. The molecule has 1 aromatic heterocycles. The van der Waals surface area contributed by atoms with Crippen molar-refractivity contribution in [2.75, 3.05) is 11.4 Å². The van der Waals surface area contributed by atoms with E-state index in [9.17, 15) is 0 Å². The van der Waals surface area contributed by atoms with Gasteiger partial charge < -0.3 is 4.90 Å². The highest BCUT2D eigenvalue weighted by atomic mass is 32.2. The number of hydrogen-bond acceptors (Lipinski definition) is 3. The maximum absolute atomic E-state index is 2.53. The normalized spacial score (nSPS) is 15.8. The molecule has 31 heavy (non-hydrogen) atoms. The minimum absolute atomic E-state index is 0.317. The molecule has 0 spiro atoms. The fourth-order valence-electron chi connectivity index (χ4n) is 3.78. The molecule has 0 atom stereocenters. The van der Waals surface area contributed by atoms with Crippen LogP contribution < -0.4 is 9.47 Å². The summed E-state index contributed by atoms with van der Waals surface area (Å²) in [4.78, 5) is 3.90. The molecule has 3 aromatic rings. The van der Waals surface area contributed by atoms with Gasteiger partial charge in [0, 0.05) is 23.9 Å². The van der Waals surface area contributed by atoms with Gasteiger partial charge in [0.2, 0.25) is 5.52 Å². The minimum Gasteiger partial charge on any atom is -0.335 e. The Morgan fingerprint density at radius 3 is 2.29 bits per heavy atom. The SMILES string of the molecule is CC(C)(C)CCN1C(=Cc2sc3ccccc3[n+]2CCC(C)(C)C)Sc2ccccc21. The van der Waals surface area contributed by atoms with Gasteiger partial charge in [0.05, 0.1) is 16.8 Å². The van der Waals surface area contributed by atoms with E-state index in [0.29, 0.717) is 10.8 Å². The summed E-state index contributed by atoms with van der Waals surface area (Å²) in [5, 5.41) is 2.70. The quantitative estimate of drug-likeness (QED) is 0.363. The maximum atomic E-state index is 2.53.